The highest BCUT2D eigenvalue weighted by molar-refractivity contribution is 7.10. The third kappa shape index (κ3) is 3.39. The zero-order valence-corrected chi connectivity index (χ0v) is 10.8. The van der Waals surface area contributed by atoms with Gasteiger partial charge in [0.25, 0.3) is 5.91 Å². The summed E-state index contributed by atoms with van der Waals surface area (Å²) in [5.74, 6) is -0.0790. The topological polar surface area (TPSA) is 49.3 Å². The first-order valence-electron chi connectivity index (χ1n) is 5.29. The number of carbonyl (C=O) groups excluding carboxylic acids is 1. The van der Waals surface area contributed by atoms with Crippen molar-refractivity contribution in [3.8, 4) is 0 Å². The molecule has 0 fully saturated rings. The van der Waals surface area contributed by atoms with Gasteiger partial charge in [0.05, 0.1) is 6.10 Å². The molecule has 5 heteroatoms. The number of hydrogen-bond donors (Lipinski definition) is 2. The molecule has 0 saturated carbocycles. The highest BCUT2D eigenvalue weighted by Crippen LogP contribution is 2.20. The molecule has 90 valence electrons. The van der Waals surface area contributed by atoms with Crippen LogP contribution in [0.2, 0.25) is 0 Å². The largest absolute Gasteiger partial charge is 0.388 e. The third-order valence-electron chi connectivity index (χ3n) is 2.36. The van der Waals surface area contributed by atoms with Crippen LogP contribution in [0.5, 0.6) is 0 Å². The Bertz CT molecular complexity index is 451. The summed E-state index contributed by atoms with van der Waals surface area (Å²) in [6.07, 6.45) is 0.0499. The predicted molar refractivity (Wildman–Crippen MR) is 70.5 cm³/mol. The Morgan fingerprint density at radius 1 is 1.41 bits per heavy atom. The Morgan fingerprint density at radius 3 is 2.94 bits per heavy atom. The molecule has 1 atom stereocenters. The molecule has 2 aromatic rings. The Morgan fingerprint density at radius 2 is 2.29 bits per heavy atom. The van der Waals surface area contributed by atoms with Gasteiger partial charge >= 0.3 is 0 Å². The zero-order valence-electron chi connectivity index (χ0n) is 9.13. The van der Waals surface area contributed by atoms with Gasteiger partial charge in [0.1, 0.15) is 0 Å². The smallest absolute Gasteiger partial charge is 0.252 e. The van der Waals surface area contributed by atoms with Crippen molar-refractivity contribution in [1.29, 1.82) is 0 Å². The molecule has 0 aliphatic rings. The summed E-state index contributed by atoms with van der Waals surface area (Å²) < 4.78 is 0. The minimum atomic E-state index is -0.488. The number of aliphatic hydroxyl groups excluding tert-OH is 1. The van der Waals surface area contributed by atoms with Gasteiger partial charge < -0.3 is 10.4 Å². The first-order chi connectivity index (χ1) is 8.27. The Labute approximate surface area is 108 Å². The number of nitrogens with one attached hydrogen (secondary N) is 1. The zero-order chi connectivity index (χ0) is 12.1. The lowest BCUT2D eigenvalue weighted by Crippen LogP contribution is -2.25. The number of hydrogen-bond acceptors (Lipinski definition) is 4. The molecule has 0 aliphatic heterocycles. The van der Waals surface area contributed by atoms with Crippen LogP contribution in [-0.4, -0.2) is 17.6 Å². The van der Waals surface area contributed by atoms with Crippen LogP contribution in [0.15, 0.2) is 34.3 Å². The Kier molecular flexibility index (Phi) is 4.30. The predicted octanol–water partition coefficient (Wildman–Crippen LogP) is 2.66. The van der Waals surface area contributed by atoms with Crippen LogP contribution in [0.3, 0.4) is 0 Å². The fraction of sp³-hybridized carbons (Fsp3) is 0.250. The minimum absolute atomic E-state index is 0.0790. The molecule has 2 rings (SSSR count). The Balaban J connectivity index is 1.75. The minimum Gasteiger partial charge on any atom is -0.388 e. The summed E-state index contributed by atoms with van der Waals surface area (Å²) in [6, 6.07) is 5.60. The number of carbonyl (C=O) groups is 1. The van der Waals surface area contributed by atoms with Crippen LogP contribution in [0.4, 0.5) is 0 Å². The van der Waals surface area contributed by atoms with Crippen molar-refractivity contribution in [2.24, 2.45) is 0 Å². The van der Waals surface area contributed by atoms with E-state index in [1.54, 1.807) is 6.07 Å². The third-order valence-corrected chi connectivity index (χ3v) is 4.02. The van der Waals surface area contributed by atoms with E-state index >= 15 is 0 Å². The van der Waals surface area contributed by atoms with Crippen LogP contribution in [0.1, 0.15) is 27.8 Å². The van der Waals surface area contributed by atoms with Crippen molar-refractivity contribution in [2.75, 3.05) is 6.54 Å². The number of thiophene rings is 2. The maximum atomic E-state index is 11.6. The quantitative estimate of drug-likeness (QED) is 0.875. The second-order valence-corrected chi connectivity index (χ2v) is 5.35. The van der Waals surface area contributed by atoms with E-state index in [-0.39, 0.29) is 5.91 Å². The summed E-state index contributed by atoms with van der Waals surface area (Å²) >= 11 is 3.02. The maximum Gasteiger partial charge on any atom is 0.252 e. The van der Waals surface area contributed by atoms with Gasteiger partial charge in [0, 0.05) is 22.4 Å². The Hall–Kier alpha value is -1.17. The van der Waals surface area contributed by atoms with E-state index in [9.17, 15) is 9.90 Å². The molecule has 17 heavy (non-hydrogen) atoms. The van der Waals surface area contributed by atoms with Gasteiger partial charge in [-0.05, 0) is 29.3 Å². The molecule has 0 spiro atoms. The maximum absolute atomic E-state index is 11.6. The van der Waals surface area contributed by atoms with E-state index in [0.717, 1.165) is 4.88 Å². The van der Waals surface area contributed by atoms with Gasteiger partial charge in [-0.15, -0.1) is 11.3 Å². The molecule has 1 amide bonds. The average molecular weight is 267 g/mol. The summed E-state index contributed by atoms with van der Waals surface area (Å²) in [4.78, 5) is 12.5. The van der Waals surface area contributed by atoms with Gasteiger partial charge in [0.15, 0.2) is 0 Å². The molecular formula is C12H13NO2S2. The molecule has 0 unspecified atom stereocenters. The molecular weight excluding hydrogens is 254 g/mol. The molecule has 2 N–H and O–H groups in total. The first kappa shape index (κ1) is 12.3. The van der Waals surface area contributed by atoms with Crippen molar-refractivity contribution in [3.63, 3.8) is 0 Å². The van der Waals surface area contributed by atoms with E-state index in [1.165, 1.54) is 22.7 Å². The van der Waals surface area contributed by atoms with E-state index in [1.807, 2.05) is 28.3 Å². The second-order valence-electron chi connectivity index (χ2n) is 3.59. The summed E-state index contributed by atoms with van der Waals surface area (Å²) in [5, 5.41) is 18.2. The summed E-state index contributed by atoms with van der Waals surface area (Å²) in [6.45, 7) is 0.480. The summed E-state index contributed by atoms with van der Waals surface area (Å²) in [7, 11) is 0. The monoisotopic (exact) mass is 267 g/mol. The number of amides is 1. The van der Waals surface area contributed by atoms with Crippen LogP contribution in [-0.2, 0) is 0 Å². The van der Waals surface area contributed by atoms with Gasteiger partial charge in [0.2, 0.25) is 0 Å². The van der Waals surface area contributed by atoms with Crippen molar-refractivity contribution >= 4 is 28.6 Å². The molecule has 2 heterocycles. The molecule has 0 aromatic carbocycles. The van der Waals surface area contributed by atoms with Gasteiger partial charge in [-0.2, -0.15) is 11.3 Å². The first-order valence-corrected chi connectivity index (χ1v) is 7.11. The normalized spacial score (nSPS) is 12.3. The van der Waals surface area contributed by atoms with Gasteiger partial charge in [-0.25, -0.2) is 0 Å². The van der Waals surface area contributed by atoms with Gasteiger partial charge in [-0.1, -0.05) is 6.07 Å². The highest BCUT2D eigenvalue weighted by atomic mass is 32.1. The van der Waals surface area contributed by atoms with Gasteiger partial charge in [-0.3, -0.25) is 4.79 Å². The SMILES string of the molecule is O=C(NCC[C@@H](O)c1cccs1)c1ccsc1. The molecule has 2 aromatic heterocycles. The van der Waals surface area contributed by atoms with E-state index < -0.39 is 6.10 Å². The van der Waals surface area contributed by atoms with Crippen molar-refractivity contribution in [1.82, 2.24) is 5.32 Å². The van der Waals surface area contributed by atoms with E-state index in [4.69, 9.17) is 0 Å². The number of aliphatic hydroxyl groups is 1. The molecule has 3 nitrogen and oxygen atoms in total. The van der Waals surface area contributed by atoms with Crippen molar-refractivity contribution in [2.45, 2.75) is 12.5 Å². The molecule has 0 radical (unpaired) electrons. The van der Waals surface area contributed by atoms with E-state index in [0.29, 0.717) is 18.5 Å². The van der Waals surface area contributed by atoms with Crippen LogP contribution in [0.25, 0.3) is 0 Å². The standard InChI is InChI=1S/C12H13NO2S2/c14-10(11-2-1-6-17-11)3-5-13-12(15)9-4-7-16-8-9/h1-2,4,6-8,10,14H,3,5H2,(H,13,15)/t10-/m1/s1. The fourth-order valence-corrected chi connectivity index (χ4v) is 2.82. The lowest BCUT2D eigenvalue weighted by molar-refractivity contribution is 0.0944. The molecule has 0 aliphatic carbocycles. The lowest BCUT2D eigenvalue weighted by Gasteiger charge is -2.08. The van der Waals surface area contributed by atoms with E-state index in [2.05, 4.69) is 5.32 Å². The second kappa shape index (κ2) is 5.95. The van der Waals surface area contributed by atoms with Crippen LogP contribution in [0, 0.1) is 0 Å². The fourth-order valence-electron chi connectivity index (χ4n) is 1.44. The van der Waals surface area contributed by atoms with Crippen LogP contribution < -0.4 is 5.32 Å². The highest BCUT2D eigenvalue weighted by Gasteiger charge is 2.09. The molecule has 0 bridgehead atoms. The van der Waals surface area contributed by atoms with Crippen molar-refractivity contribution < 1.29 is 9.90 Å². The number of rotatable bonds is 5. The van der Waals surface area contributed by atoms with Crippen molar-refractivity contribution in [3.05, 3.63) is 44.8 Å². The molecule has 0 saturated heterocycles. The summed E-state index contributed by atoms with van der Waals surface area (Å²) in [5.41, 5.74) is 0.681. The lowest BCUT2D eigenvalue weighted by atomic mass is 10.2. The van der Waals surface area contributed by atoms with Crippen LogP contribution >= 0.6 is 22.7 Å². The average Bonchev–Trinajstić information content (AvgIpc) is 3.02.